The van der Waals surface area contributed by atoms with Crippen LogP contribution in [0, 0.1) is 0 Å². The maximum absolute atomic E-state index is 12.5. The summed E-state index contributed by atoms with van der Waals surface area (Å²) in [7, 11) is 0. The van der Waals surface area contributed by atoms with Gasteiger partial charge in [0.2, 0.25) is 11.8 Å². The first-order valence-electron chi connectivity index (χ1n) is 6.19. The number of thiophene rings is 1. The molecular weight excluding hydrogens is 276 g/mol. The fraction of sp³-hybridized carbons (Fsp3) is 0.214. The molecule has 3 amide bonds. The summed E-state index contributed by atoms with van der Waals surface area (Å²) in [6.45, 7) is 1.53. The van der Waals surface area contributed by atoms with Crippen LogP contribution in [0.5, 0.6) is 0 Å². The number of nitrogens with zero attached hydrogens (tertiary/aromatic N) is 1. The van der Waals surface area contributed by atoms with Gasteiger partial charge in [0.05, 0.1) is 4.88 Å². The van der Waals surface area contributed by atoms with Gasteiger partial charge < -0.3 is 4.90 Å². The summed E-state index contributed by atoms with van der Waals surface area (Å²) in [4.78, 5) is 37.3. The van der Waals surface area contributed by atoms with Gasteiger partial charge in [0.25, 0.3) is 5.91 Å². The summed E-state index contributed by atoms with van der Waals surface area (Å²) in [5, 5.41) is 3.21. The quantitative estimate of drug-likeness (QED) is 0.806. The number of nitrogens with one attached hydrogen (secondary N) is 1. The highest BCUT2D eigenvalue weighted by Crippen LogP contribution is 2.27. The van der Waals surface area contributed by atoms with Gasteiger partial charge in [-0.1, -0.05) is 18.2 Å². The number of carbonyl (C=O) groups excluding carboxylic acids is 3. The fourth-order valence-corrected chi connectivity index (χ4v) is 3.21. The maximum atomic E-state index is 12.5. The number of rotatable bonds is 1. The van der Waals surface area contributed by atoms with Gasteiger partial charge in [-0.05, 0) is 24.4 Å². The highest BCUT2D eigenvalue weighted by molar-refractivity contribution is 7.20. The Morgan fingerprint density at radius 1 is 1.35 bits per heavy atom. The first kappa shape index (κ1) is 12.8. The van der Waals surface area contributed by atoms with Crippen LogP contribution in [0.25, 0.3) is 10.1 Å². The first-order chi connectivity index (χ1) is 9.56. The third kappa shape index (κ3) is 2.08. The number of hydrogen-bond acceptors (Lipinski definition) is 4. The van der Waals surface area contributed by atoms with Crippen molar-refractivity contribution in [2.24, 2.45) is 0 Å². The number of amides is 3. The number of benzene rings is 1. The van der Waals surface area contributed by atoms with E-state index >= 15 is 0 Å². The van der Waals surface area contributed by atoms with Crippen LogP contribution in [0.15, 0.2) is 30.3 Å². The molecule has 1 saturated heterocycles. The molecule has 0 saturated carbocycles. The smallest absolute Gasteiger partial charge is 0.265 e. The predicted octanol–water partition coefficient (Wildman–Crippen LogP) is 1.39. The fourth-order valence-electron chi connectivity index (χ4n) is 2.19. The standard InChI is InChI=1S/C14H12N2O3S/c1-8-13(18)15-12(17)7-16(8)14(19)11-6-9-4-2-3-5-10(9)20-11/h2-6,8H,7H2,1H3,(H,15,17,18). The molecular formula is C14H12N2O3S. The minimum absolute atomic E-state index is 0.0833. The van der Waals surface area contributed by atoms with E-state index in [0.717, 1.165) is 10.1 Å². The number of imide groups is 1. The molecule has 0 radical (unpaired) electrons. The Morgan fingerprint density at radius 2 is 2.10 bits per heavy atom. The number of fused-ring (bicyclic) bond motifs is 1. The van der Waals surface area contributed by atoms with Gasteiger partial charge in [0.1, 0.15) is 12.6 Å². The van der Waals surface area contributed by atoms with Crippen molar-refractivity contribution in [1.82, 2.24) is 10.2 Å². The highest BCUT2D eigenvalue weighted by atomic mass is 32.1. The van der Waals surface area contributed by atoms with Gasteiger partial charge in [0.15, 0.2) is 0 Å². The molecule has 2 aromatic rings. The molecule has 1 aromatic carbocycles. The van der Waals surface area contributed by atoms with E-state index in [1.54, 1.807) is 13.0 Å². The monoisotopic (exact) mass is 288 g/mol. The lowest BCUT2D eigenvalue weighted by Crippen LogP contribution is -2.58. The lowest BCUT2D eigenvalue weighted by Gasteiger charge is -2.31. The highest BCUT2D eigenvalue weighted by Gasteiger charge is 2.34. The molecule has 1 aromatic heterocycles. The Balaban J connectivity index is 1.94. The summed E-state index contributed by atoms with van der Waals surface area (Å²) in [6, 6.07) is 8.85. The van der Waals surface area contributed by atoms with Gasteiger partial charge >= 0.3 is 0 Å². The van der Waals surface area contributed by atoms with Gasteiger partial charge in [-0.25, -0.2) is 0 Å². The molecule has 3 rings (SSSR count). The van der Waals surface area contributed by atoms with Crippen LogP contribution in [0.1, 0.15) is 16.6 Å². The van der Waals surface area contributed by atoms with Crippen molar-refractivity contribution in [2.45, 2.75) is 13.0 Å². The van der Waals surface area contributed by atoms with Crippen LogP contribution < -0.4 is 5.32 Å². The summed E-state index contributed by atoms with van der Waals surface area (Å²) in [5.74, 6) is -1.15. The summed E-state index contributed by atoms with van der Waals surface area (Å²) in [6.07, 6.45) is 0. The Labute approximate surface area is 119 Å². The van der Waals surface area contributed by atoms with Crippen LogP contribution >= 0.6 is 11.3 Å². The topological polar surface area (TPSA) is 66.5 Å². The lowest BCUT2D eigenvalue weighted by molar-refractivity contribution is -0.138. The lowest BCUT2D eigenvalue weighted by atomic mass is 10.2. The summed E-state index contributed by atoms with van der Waals surface area (Å²) in [5.41, 5.74) is 0. The Kier molecular flexibility index (Phi) is 3.02. The van der Waals surface area contributed by atoms with E-state index in [0.29, 0.717) is 4.88 Å². The van der Waals surface area contributed by atoms with Gasteiger partial charge in [-0.3, -0.25) is 19.7 Å². The summed E-state index contributed by atoms with van der Waals surface area (Å²) < 4.78 is 1.01. The van der Waals surface area contributed by atoms with Crippen molar-refractivity contribution in [3.8, 4) is 0 Å². The summed E-state index contributed by atoms with van der Waals surface area (Å²) >= 11 is 1.37. The van der Waals surface area contributed by atoms with Crippen molar-refractivity contribution < 1.29 is 14.4 Å². The molecule has 2 heterocycles. The van der Waals surface area contributed by atoms with Crippen LogP contribution in [0.3, 0.4) is 0 Å². The van der Waals surface area contributed by atoms with Gasteiger partial charge in [0, 0.05) is 4.70 Å². The molecule has 1 aliphatic heterocycles. The van der Waals surface area contributed by atoms with E-state index in [9.17, 15) is 14.4 Å². The molecule has 20 heavy (non-hydrogen) atoms. The van der Waals surface area contributed by atoms with E-state index in [1.807, 2.05) is 24.3 Å². The molecule has 1 fully saturated rings. The third-order valence-corrected chi connectivity index (χ3v) is 4.42. The molecule has 1 atom stereocenters. The van der Waals surface area contributed by atoms with Crippen LogP contribution in [-0.4, -0.2) is 35.2 Å². The molecule has 5 nitrogen and oxygen atoms in total. The van der Waals surface area contributed by atoms with Gasteiger partial charge in [-0.2, -0.15) is 0 Å². The van der Waals surface area contributed by atoms with E-state index < -0.39 is 17.9 Å². The van der Waals surface area contributed by atoms with E-state index in [2.05, 4.69) is 5.32 Å². The number of carbonyl (C=O) groups is 3. The zero-order valence-electron chi connectivity index (χ0n) is 10.8. The normalized spacial score (nSPS) is 19.2. The molecule has 0 bridgehead atoms. The van der Waals surface area contributed by atoms with E-state index in [4.69, 9.17) is 0 Å². The first-order valence-corrected chi connectivity index (χ1v) is 7.01. The van der Waals surface area contributed by atoms with E-state index in [-0.39, 0.29) is 12.5 Å². The zero-order valence-corrected chi connectivity index (χ0v) is 11.6. The maximum Gasteiger partial charge on any atom is 0.265 e. The average Bonchev–Trinajstić information content (AvgIpc) is 2.86. The molecule has 1 aliphatic rings. The molecule has 102 valence electrons. The van der Waals surface area contributed by atoms with Crippen molar-refractivity contribution >= 4 is 39.1 Å². The minimum atomic E-state index is -0.634. The largest absolute Gasteiger partial charge is 0.317 e. The van der Waals surface area contributed by atoms with Crippen molar-refractivity contribution in [2.75, 3.05) is 6.54 Å². The van der Waals surface area contributed by atoms with Crippen molar-refractivity contribution in [3.05, 3.63) is 35.2 Å². The van der Waals surface area contributed by atoms with Crippen LogP contribution in [0.4, 0.5) is 0 Å². The average molecular weight is 288 g/mol. The Hall–Kier alpha value is -2.21. The van der Waals surface area contributed by atoms with Crippen molar-refractivity contribution in [1.29, 1.82) is 0 Å². The SMILES string of the molecule is CC1C(=O)NC(=O)CN1C(=O)c1cc2ccccc2s1. The van der Waals surface area contributed by atoms with Crippen LogP contribution in [-0.2, 0) is 9.59 Å². The van der Waals surface area contributed by atoms with Crippen LogP contribution in [0.2, 0.25) is 0 Å². The van der Waals surface area contributed by atoms with Gasteiger partial charge in [-0.15, -0.1) is 11.3 Å². The molecule has 6 heteroatoms. The molecule has 0 aliphatic carbocycles. The molecule has 0 spiro atoms. The number of piperazine rings is 1. The van der Waals surface area contributed by atoms with E-state index in [1.165, 1.54) is 16.2 Å². The Morgan fingerprint density at radius 3 is 2.85 bits per heavy atom. The third-order valence-electron chi connectivity index (χ3n) is 3.32. The predicted molar refractivity (Wildman–Crippen MR) is 75.5 cm³/mol. The van der Waals surface area contributed by atoms with Crippen molar-refractivity contribution in [3.63, 3.8) is 0 Å². The Bertz CT molecular complexity index is 689. The molecule has 1 unspecified atom stereocenters. The zero-order chi connectivity index (χ0) is 14.3. The second kappa shape index (κ2) is 4.72. The second-order valence-electron chi connectivity index (χ2n) is 4.67. The minimum Gasteiger partial charge on any atom is -0.317 e. The number of hydrogen-bond donors (Lipinski definition) is 1. The second-order valence-corrected chi connectivity index (χ2v) is 5.75. The molecule has 1 N–H and O–H groups in total.